The highest BCUT2D eigenvalue weighted by molar-refractivity contribution is 5.87. The number of aromatic carboxylic acids is 1. The summed E-state index contributed by atoms with van der Waals surface area (Å²) in [7, 11) is 1.72. The summed E-state index contributed by atoms with van der Waals surface area (Å²) in [6.07, 6.45) is 2.93. The third-order valence-corrected chi connectivity index (χ3v) is 2.10. The van der Waals surface area contributed by atoms with E-state index in [1.165, 1.54) is 27.6 Å². The van der Waals surface area contributed by atoms with Crippen LogP contribution >= 0.6 is 0 Å². The van der Waals surface area contributed by atoms with Gasteiger partial charge in [0.2, 0.25) is 0 Å². The zero-order valence-corrected chi connectivity index (χ0v) is 8.49. The van der Waals surface area contributed by atoms with Crippen molar-refractivity contribution in [2.24, 2.45) is 7.05 Å². The topological polar surface area (TPSA) is 77.1 Å². The molecule has 0 aliphatic heterocycles. The predicted octanol–water partition coefficient (Wildman–Crippen LogP) is 0.269. The standard InChI is InChI=1S/C10H9N3O3/c1-12-5-4-8(11-12)13-6-7(10(15)16)2-3-9(13)14/h2-6H,1H3,(H,15,16). The van der Waals surface area contributed by atoms with Crippen LogP contribution in [0.4, 0.5) is 0 Å². The van der Waals surface area contributed by atoms with Gasteiger partial charge in [-0.3, -0.25) is 14.0 Å². The first kappa shape index (κ1) is 10.2. The van der Waals surface area contributed by atoms with Gasteiger partial charge in [-0.2, -0.15) is 5.10 Å². The zero-order chi connectivity index (χ0) is 11.7. The van der Waals surface area contributed by atoms with E-state index in [4.69, 9.17) is 5.11 Å². The molecule has 2 aromatic rings. The van der Waals surface area contributed by atoms with Crippen molar-refractivity contribution in [2.45, 2.75) is 0 Å². The second kappa shape index (κ2) is 3.65. The lowest BCUT2D eigenvalue weighted by atomic mass is 10.3. The molecule has 0 aromatic carbocycles. The van der Waals surface area contributed by atoms with Crippen LogP contribution in [-0.4, -0.2) is 25.4 Å². The van der Waals surface area contributed by atoms with Crippen molar-refractivity contribution in [1.82, 2.24) is 14.3 Å². The predicted molar refractivity (Wildman–Crippen MR) is 55.8 cm³/mol. The molecule has 16 heavy (non-hydrogen) atoms. The van der Waals surface area contributed by atoms with E-state index >= 15 is 0 Å². The Morgan fingerprint density at radius 1 is 1.38 bits per heavy atom. The average molecular weight is 219 g/mol. The van der Waals surface area contributed by atoms with Gasteiger partial charge < -0.3 is 5.11 Å². The van der Waals surface area contributed by atoms with Crippen LogP contribution in [0.25, 0.3) is 5.82 Å². The van der Waals surface area contributed by atoms with E-state index in [0.717, 1.165) is 0 Å². The molecule has 2 aromatic heterocycles. The third kappa shape index (κ3) is 1.72. The third-order valence-electron chi connectivity index (χ3n) is 2.10. The minimum absolute atomic E-state index is 0.0465. The van der Waals surface area contributed by atoms with E-state index in [9.17, 15) is 9.59 Å². The first-order valence-electron chi connectivity index (χ1n) is 4.54. The number of aryl methyl sites for hydroxylation is 1. The van der Waals surface area contributed by atoms with Gasteiger partial charge >= 0.3 is 5.97 Å². The Morgan fingerprint density at radius 3 is 2.69 bits per heavy atom. The van der Waals surface area contributed by atoms with Gasteiger partial charge in [-0.05, 0) is 6.07 Å². The zero-order valence-electron chi connectivity index (χ0n) is 8.49. The molecule has 6 heteroatoms. The van der Waals surface area contributed by atoms with Crippen LogP contribution in [0.1, 0.15) is 10.4 Å². The van der Waals surface area contributed by atoms with Gasteiger partial charge in [0.1, 0.15) is 0 Å². The van der Waals surface area contributed by atoms with Crippen molar-refractivity contribution in [3.8, 4) is 5.82 Å². The Morgan fingerprint density at radius 2 is 2.12 bits per heavy atom. The number of carboxylic acids is 1. The van der Waals surface area contributed by atoms with Crippen LogP contribution in [0.2, 0.25) is 0 Å². The fourth-order valence-corrected chi connectivity index (χ4v) is 1.32. The fraction of sp³-hybridized carbons (Fsp3) is 0.100. The lowest BCUT2D eigenvalue weighted by molar-refractivity contribution is 0.0696. The summed E-state index contributed by atoms with van der Waals surface area (Å²) in [4.78, 5) is 22.3. The van der Waals surface area contributed by atoms with Gasteiger partial charge in [-0.15, -0.1) is 0 Å². The summed E-state index contributed by atoms with van der Waals surface area (Å²) in [6.45, 7) is 0. The molecule has 0 atom stereocenters. The molecule has 0 radical (unpaired) electrons. The normalized spacial score (nSPS) is 10.3. The second-order valence-corrected chi connectivity index (χ2v) is 3.28. The summed E-state index contributed by atoms with van der Waals surface area (Å²) < 4.78 is 2.73. The van der Waals surface area contributed by atoms with Crippen LogP contribution in [0.15, 0.2) is 35.4 Å². The average Bonchev–Trinajstić information content (AvgIpc) is 2.65. The SMILES string of the molecule is Cn1ccc(-n2cc(C(=O)O)ccc2=O)n1. The highest BCUT2D eigenvalue weighted by Crippen LogP contribution is 2.03. The van der Waals surface area contributed by atoms with Gasteiger partial charge in [0.25, 0.3) is 5.56 Å². The van der Waals surface area contributed by atoms with E-state index in [1.807, 2.05) is 0 Å². The molecule has 0 unspecified atom stereocenters. The van der Waals surface area contributed by atoms with Crippen molar-refractivity contribution >= 4 is 5.97 Å². The molecule has 0 amide bonds. The Balaban J connectivity index is 2.60. The second-order valence-electron chi connectivity index (χ2n) is 3.28. The number of hydrogen-bond donors (Lipinski definition) is 1. The number of pyridine rings is 1. The Hall–Kier alpha value is -2.37. The molecule has 0 saturated heterocycles. The first-order valence-corrected chi connectivity index (χ1v) is 4.54. The summed E-state index contributed by atoms with van der Waals surface area (Å²) in [5, 5.41) is 12.8. The molecular formula is C10H9N3O3. The number of carboxylic acid groups (broad SMARTS) is 1. The first-order chi connectivity index (χ1) is 7.58. The lowest BCUT2D eigenvalue weighted by Gasteiger charge is -2.01. The smallest absolute Gasteiger partial charge is 0.337 e. The molecule has 0 saturated carbocycles. The van der Waals surface area contributed by atoms with Gasteiger partial charge in [-0.25, -0.2) is 4.79 Å². The largest absolute Gasteiger partial charge is 0.478 e. The Kier molecular flexibility index (Phi) is 2.32. The van der Waals surface area contributed by atoms with Crippen LogP contribution < -0.4 is 5.56 Å². The van der Waals surface area contributed by atoms with Crippen LogP contribution in [0.5, 0.6) is 0 Å². The number of carbonyl (C=O) groups is 1. The molecule has 2 heterocycles. The minimum atomic E-state index is -1.08. The van der Waals surface area contributed by atoms with Gasteiger partial charge in [0, 0.05) is 31.6 Å². The summed E-state index contributed by atoms with van der Waals surface area (Å²) in [5.41, 5.74) is -0.269. The number of rotatable bonds is 2. The molecule has 0 aliphatic rings. The van der Waals surface area contributed by atoms with E-state index in [1.54, 1.807) is 19.3 Å². The highest BCUT2D eigenvalue weighted by atomic mass is 16.4. The Bertz CT molecular complexity index is 597. The fourth-order valence-electron chi connectivity index (χ4n) is 1.32. The summed E-state index contributed by atoms with van der Waals surface area (Å²) in [6, 6.07) is 4.11. The molecule has 2 rings (SSSR count). The lowest BCUT2D eigenvalue weighted by Crippen LogP contribution is -2.19. The molecular weight excluding hydrogens is 210 g/mol. The van der Waals surface area contributed by atoms with Crippen molar-refractivity contribution in [3.63, 3.8) is 0 Å². The van der Waals surface area contributed by atoms with E-state index < -0.39 is 5.97 Å². The van der Waals surface area contributed by atoms with E-state index in [-0.39, 0.29) is 11.1 Å². The molecule has 1 N–H and O–H groups in total. The maximum absolute atomic E-state index is 11.5. The van der Waals surface area contributed by atoms with Gasteiger partial charge in [-0.1, -0.05) is 0 Å². The number of nitrogens with zero attached hydrogens (tertiary/aromatic N) is 3. The number of hydrogen-bond acceptors (Lipinski definition) is 3. The van der Waals surface area contributed by atoms with E-state index in [2.05, 4.69) is 5.10 Å². The van der Waals surface area contributed by atoms with Crippen LogP contribution in [0.3, 0.4) is 0 Å². The minimum Gasteiger partial charge on any atom is -0.478 e. The maximum Gasteiger partial charge on any atom is 0.337 e. The van der Waals surface area contributed by atoms with Crippen molar-refractivity contribution in [1.29, 1.82) is 0 Å². The number of aromatic nitrogens is 3. The molecule has 82 valence electrons. The molecule has 6 nitrogen and oxygen atoms in total. The molecule has 0 aliphatic carbocycles. The monoisotopic (exact) mass is 219 g/mol. The van der Waals surface area contributed by atoms with Crippen molar-refractivity contribution < 1.29 is 9.90 Å². The molecule has 0 spiro atoms. The van der Waals surface area contributed by atoms with E-state index in [0.29, 0.717) is 5.82 Å². The Labute approximate surface area is 90.4 Å². The van der Waals surface area contributed by atoms with Crippen molar-refractivity contribution in [2.75, 3.05) is 0 Å². The van der Waals surface area contributed by atoms with Crippen LogP contribution in [-0.2, 0) is 7.05 Å². The molecule has 0 fully saturated rings. The molecule has 0 bridgehead atoms. The highest BCUT2D eigenvalue weighted by Gasteiger charge is 2.07. The van der Waals surface area contributed by atoms with Gasteiger partial charge in [0.15, 0.2) is 5.82 Å². The summed E-state index contributed by atoms with van der Waals surface area (Å²) in [5.74, 6) is -0.680. The summed E-state index contributed by atoms with van der Waals surface area (Å²) >= 11 is 0. The van der Waals surface area contributed by atoms with Crippen LogP contribution in [0, 0.1) is 0 Å². The van der Waals surface area contributed by atoms with Crippen molar-refractivity contribution in [3.05, 3.63) is 46.5 Å². The maximum atomic E-state index is 11.5. The quantitative estimate of drug-likeness (QED) is 0.786. The van der Waals surface area contributed by atoms with Gasteiger partial charge in [0.05, 0.1) is 5.56 Å².